The molecule has 1 aliphatic carbocycles. The van der Waals surface area contributed by atoms with Gasteiger partial charge in [0.1, 0.15) is 0 Å². The Bertz CT molecular complexity index is 259. The van der Waals surface area contributed by atoms with Crippen LogP contribution in [0, 0.1) is 11.3 Å². The van der Waals surface area contributed by atoms with E-state index >= 15 is 0 Å². The van der Waals surface area contributed by atoms with Crippen molar-refractivity contribution in [3.05, 3.63) is 12.3 Å². The summed E-state index contributed by atoms with van der Waals surface area (Å²) < 4.78 is 0. The van der Waals surface area contributed by atoms with Crippen molar-refractivity contribution >= 4 is 5.91 Å². The van der Waals surface area contributed by atoms with E-state index in [-0.39, 0.29) is 5.91 Å². The van der Waals surface area contributed by atoms with Crippen molar-refractivity contribution < 1.29 is 4.79 Å². The third-order valence-corrected chi connectivity index (χ3v) is 2.64. The minimum Gasteiger partial charge on any atom is -0.316 e. The van der Waals surface area contributed by atoms with Crippen molar-refractivity contribution in [1.82, 2.24) is 4.90 Å². The van der Waals surface area contributed by atoms with Crippen LogP contribution >= 0.6 is 0 Å². The van der Waals surface area contributed by atoms with Gasteiger partial charge in [-0.2, -0.15) is 5.26 Å². The van der Waals surface area contributed by atoms with Crippen LogP contribution in [0.5, 0.6) is 0 Å². The van der Waals surface area contributed by atoms with Gasteiger partial charge in [-0.15, -0.1) is 0 Å². The van der Waals surface area contributed by atoms with Crippen molar-refractivity contribution in [3.63, 3.8) is 0 Å². The van der Waals surface area contributed by atoms with E-state index in [2.05, 4.69) is 0 Å². The number of amides is 1. The van der Waals surface area contributed by atoms with Crippen molar-refractivity contribution in [2.24, 2.45) is 0 Å². The van der Waals surface area contributed by atoms with Crippen LogP contribution in [0.4, 0.5) is 0 Å². The van der Waals surface area contributed by atoms with Gasteiger partial charge in [-0.05, 0) is 12.8 Å². The fraction of sp³-hybridized carbons (Fsp3) is 0.636. The maximum absolute atomic E-state index is 11.3. The average Bonchev–Trinajstić information content (AvgIpc) is 2.19. The van der Waals surface area contributed by atoms with Crippen LogP contribution in [0.2, 0.25) is 0 Å². The van der Waals surface area contributed by atoms with Gasteiger partial charge in [0.2, 0.25) is 5.91 Å². The molecule has 1 saturated carbocycles. The van der Waals surface area contributed by atoms with Gasteiger partial charge in [0, 0.05) is 25.2 Å². The zero-order valence-electron chi connectivity index (χ0n) is 8.57. The summed E-state index contributed by atoms with van der Waals surface area (Å²) in [5, 5.41) is 8.42. The Kier molecular flexibility index (Phi) is 4.18. The summed E-state index contributed by atoms with van der Waals surface area (Å²) in [5.41, 5.74) is 0. The van der Waals surface area contributed by atoms with Gasteiger partial charge >= 0.3 is 0 Å². The Morgan fingerprint density at radius 3 is 2.57 bits per heavy atom. The lowest BCUT2D eigenvalue weighted by atomic mass is 9.94. The van der Waals surface area contributed by atoms with Crippen LogP contribution < -0.4 is 0 Å². The van der Waals surface area contributed by atoms with E-state index in [9.17, 15) is 4.79 Å². The smallest absolute Gasteiger partial charge is 0.223 e. The molecule has 1 aliphatic rings. The van der Waals surface area contributed by atoms with Gasteiger partial charge in [0.05, 0.1) is 6.07 Å². The van der Waals surface area contributed by atoms with Crippen molar-refractivity contribution in [1.29, 1.82) is 5.26 Å². The summed E-state index contributed by atoms with van der Waals surface area (Å²) >= 11 is 0. The molecule has 0 atom stereocenters. The highest BCUT2D eigenvalue weighted by Crippen LogP contribution is 2.22. The van der Waals surface area contributed by atoms with Gasteiger partial charge in [0.15, 0.2) is 0 Å². The Balaban J connectivity index is 2.61. The van der Waals surface area contributed by atoms with E-state index in [0.29, 0.717) is 6.04 Å². The lowest BCUT2D eigenvalue weighted by Crippen LogP contribution is -2.35. The molecule has 0 saturated heterocycles. The first kappa shape index (κ1) is 10.8. The standard InChI is InChI=1S/C11H16N2O/c1-10(14)13(9-5-8-12)11-6-3-2-4-7-11/h5,9,11H,2-4,6-7H2,1H3/b9-5+. The molecule has 3 nitrogen and oxygen atoms in total. The molecule has 0 radical (unpaired) electrons. The summed E-state index contributed by atoms with van der Waals surface area (Å²) in [7, 11) is 0. The highest BCUT2D eigenvalue weighted by molar-refractivity contribution is 5.74. The Morgan fingerprint density at radius 2 is 2.07 bits per heavy atom. The maximum Gasteiger partial charge on any atom is 0.223 e. The summed E-state index contributed by atoms with van der Waals surface area (Å²) in [6, 6.07) is 2.23. The monoisotopic (exact) mass is 192 g/mol. The van der Waals surface area contributed by atoms with Gasteiger partial charge in [-0.25, -0.2) is 0 Å². The van der Waals surface area contributed by atoms with Gasteiger partial charge in [0.25, 0.3) is 0 Å². The van der Waals surface area contributed by atoms with Crippen LogP contribution in [0.25, 0.3) is 0 Å². The lowest BCUT2D eigenvalue weighted by molar-refractivity contribution is -0.128. The molecular weight excluding hydrogens is 176 g/mol. The number of allylic oxidation sites excluding steroid dienone is 1. The molecule has 3 heteroatoms. The SMILES string of the molecule is CC(=O)N(/C=C/C#N)C1CCCCC1. The number of nitriles is 1. The average molecular weight is 192 g/mol. The highest BCUT2D eigenvalue weighted by Gasteiger charge is 2.20. The molecule has 14 heavy (non-hydrogen) atoms. The number of hydrogen-bond acceptors (Lipinski definition) is 2. The minimum absolute atomic E-state index is 0.0309. The number of carbonyl (C=O) groups is 1. The lowest BCUT2D eigenvalue weighted by Gasteiger charge is -2.30. The predicted molar refractivity (Wildman–Crippen MR) is 54.1 cm³/mol. The molecule has 1 rings (SSSR count). The molecule has 76 valence electrons. The molecule has 0 aromatic heterocycles. The normalized spacial score (nSPS) is 18.0. The summed E-state index contributed by atoms with van der Waals surface area (Å²) in [6.07, 6.45) is 8.76. The molecule has 0 aliphatic heterocycles. The van der Waals surface area contributed by atoms with E-state index in [1.165, 1.54) is 25.3 Å². The fourth-order valence-corrected chi connectivity index (χ4v) is 1.96. The number of nitrogens with zero attached hydrogens (tertiary/aromatic N) is 2. The third kappa shape index (κ3) is 2.88. The first-order valence-electron chi connectivity index (χ1n) is 5.11. The molecule has 0 aromatic rings. The Labute approximate surface area is 85.0 Å². The van der Waals surface area contributed by atoms with E-state index in [1.807, 2.05) is 6.07 Å². The van der Waals surface area contributed by atoms with Crippen LogP contribution in [0.15, 0.2) is 12.3 Å². The van der Waals surface area contributed by atoms with Crippen LogP contribution in [-0.4, -0.2) is 16.8 Å². The molecule has 0 heterocycles. The third-order valence-electron chi connectivity index (χ3n) is 2.64. The molecule has 1 fully saturated rings. The summed E-state index contributed by atoms with van der Waals surface area (Å²) in [6.45, 7) is 1.55. The van der Waals surface area contributed by atoms with Crippen molar-refractivity contribution in [2.45, 2.75) is 45.1 Å². The van der Waals surface area contributed by atoms with Gasteiger partial charge in [-0.1, -0.05) is 19.3 Å². The fourth-order valence-electron chi connectivity index (χ4n) is 1.96. The zero-order valence-corrected chi connectivity index (χ0v) is 8.57. The number of rotatable bonds is 2. The summed E-state index contributed by atoms with van der Waals surface area (Å²) in [4.78, 5) is 13.0. The summed E-state index contributed by atoms with van der Waals surface area (Å²) in [5.74, 6) is 0.0309. The second-order valence-electron chi connectivity index (χ2n) is 3.66. The van der Waals surface area contributed by atoms with E-state index < -0.39 is 0 Å². The second kappa shape index (κ2) is 5.43. The Hall–Kier alpha value is -1.30. The molecular formula is C11H16N2O. The molecule has 0 aromatic carbocycles. The van der Waals surface area contributed by atoms with Crippen LogP contribution in [-0.2, 0) is 4.79 Å². The van der Waals surface area contributed by atoms with Crippen molar-refractivity contribution in [2.75, 3.05) is 0 Å². The van der Waals surface area contributed by atoms with Gasteiger partial charge < -0.3 is 4.90 Å². The predicted octanol–water partition coefficient (Wildman–Crippen LogP) is 2.20. The maximum atomic E-state index is 11.3. The van der Waals surface area contributed by atoms with Crippen LogP contribution in [0.1, 0.15) is 39.0 Å². The Morgan fingerprint density at radius 1 is 1.43 bits per heavy atom. The van der Waals surface area contributed by atoms with Crippen LogP contribution in [0.3, 0.4) is 0 Å². The first-order chi connectivity index (χ1) is 6.75. The van der Waals surface area contributed by atoms with E-state index in [4.69, 9.17) is 5.26 Å². The topological polar surface area (TPSA) is 44.1 Å². The van der Waals surface area contributed by atoms with E-state index in [1.54, 1.807) is 18.0 Å². The molecule has 1 amide bonds. The first-order valence-corrected chi connectivity index (χ1v) is 5.11. The molecule has 0 bridgehead atoms. The molecule has 0 unspecified atom stereocenters. The molecule has 0 spiro atoms. The van der Waals surface area contributed by atoms with E-state index in [0.717, 1.165) is 12.8 Å². The minimum atomic E-state index is 0.0309. The second-order valence-corrected chi connectivity index (χ2v) is 3.66. The molecule has 0 N–H and O–H groups in total. The van der Waals surface area contributed by atoms with Gasteiger partial charge in [-0.3, -0.25) is 4.79 Å². The number of hydrogen-bond donors (Lipinski definition) is 0. The zero-order chi connectivity index (χ0) is 10.4. The highest BCUT2D eigenvalue weighted by atomic mass is 16.2. The quantitative estimate of drug-likeness (QED) is 0.629. The van der Waals surface area contributed by atoms with Crippen molar-refractivity contribution in [3.8, 4) is 6.07 Å². The number of carbonyl (C=O) groups excluding carboxylic acids is 1. The largest absolute Gasteiger partial charge is 0.316 e.